The Morgan fingerprint density at radius 2 is 1.95 bits per heavy atom. The molecule has 3 rings (SSSR count). The Labute approximate surface area is 131 Å². The van der Waals surface area contributed by atoms with Crippen molar-refractivity contribution in [1.82, 2.24) is 9.97 Å². The summed E-state index contributed by atoms with van der Waals surface area (Å²) in [6.45, 7) is 4.35. The van der Waals surface area contributed by atoms with Crippen molar-refractivity contribution in [3.63, 3.8) is 0 Å². The fraction of sp³-hybridized carbons (Fsp3) is 0.412. The molecular weight excluding hydrogens is 276 g/mol. The zero-order chi connectivity index (χ0) is 15.5. The number of aryl methyl sites for hydroxylation is 1. The molecule has 116 valence electrons. The van der Waals surface area contributed by atoms with Gasteiger partial charge in [0.1, 0.15) is 17.7 Å². The molecule has 2 aromatic heterocycles. The van der Waals surface area contributed by atoms with Crippen molar-refractivity contribution in [2.24, 2.45) is 0 Å². The van der Waals surface area contributed by atoms with Gasteiger partial charge in [-0.1, -0.05) is 12.1 Å². The maximum atomic E-state index is 5.93. The zero-order valence-electron chi connectivity index (χ0n) is 13.4. The van der Waals surface area contributed by atoms with Gasteiger partial charge in [0.2, 0.25) is 0 Å². The zero-order valence-corrected chi connectivity index (χ0v) is 13.4. The minimum Gasteiger partial charge on any atom is -0.368 e. The van der Waals surface area contributed by atoms with Crippen molar-refractivity contribution in [2.75, 3.05) is 43.6 Å². The molecule has 1 atom stereocenters. The van der Waals surface area contributed by atoms with Crippen molar-refractivity contribution < 1.29 is 4.74 Å². The highest BCUT2D eigenvalue weighted by Gasteiger charge is 2.24. The fourth-order valence-corrected chi connectivity index (χ4v) is 2.61. The molecule has 1 aliphatic heterocycles. The molecule has 0 spiro atoms. The lowest BCUT2D eigenvalue weighted by molar-refractivity contribution is 0.0368. The van der Waals surface area contributed by atoms with Crippen LogP contribution >= 0.6 is 0 Å². The summed E-state index contributed by atoms with van der Waals surface area (Å²) in [5.41, 5.74) is 2.01. The standard InChI is InChI=1S/C17H22N4O/c1-13-6-4-9-17(18-13)21-10-11-22-15(12-21)14-7-5-8-16(19-14)20(2)3/h4-9,15H,10-12H2,1-3H3. The highest BCUT2D eigenvalue weighted by molar-refractivity contribution is 5.41. The minimum absolute atomic E-state index is 0.0176. The summed E-state index contributed by atoms with van der Waals surface area (Å²) >= 11 is 0. The van der Waals surface area contributed by atoms with Crippen LogP contribution in [0.15, 0.2) is 36.4 Å². The molecule has 0 saturated carbocycles. The van der Waals surface area contributed by atoms with Gasteiger partial charge in [-0.3, -0.25) is 0 Å². The van der Waals surface area contributed by atoms with E-state index in [9.17, 15) is 0 Å². The predicted molar refractivity (Wildman–Crippen MR) is 88.4 cm³/mol. The van der Waals surface area contributed by atoms with Crippen molar-refractivity contribution >= 4 is 11.6 Å². The number of morpholine rings is 1. The number of aromatic nitrogens is 2. The van der Waals surface area contributed by atoms with Crippen LogP contribution in [0.25, 0.3) is 0 Å². The molecule has 5 heteroatoms. The summed E-state index contributed by atoms with van der Waals surface area (Å²) in [5, 5.41) is 0. The van der Waals surface area contributed by atoms with Gasteiger partial charge in [-0.25, -0.2) is 9.97 Å². The number of hydrogen-bond acceptors (Lipinski definition) is 5. The molecule has 0 aliphatic carbocycles. The number of ether oxygens (including phenoxy) is 1. The third-order valence-electron chi connectivity index (χ3n) is 3.81. The molecule has 0 amide bonds. The lowest BCUT2D eigenvalue weighted by Crippen LogP contribution is -2.39. The Hall–Kier alpha value is -2.14. The van der Waals surface area contributed by atoms with Crippen LogP contribution in [0.2, 0.25) is 0 Å². The van der Waals surface area contributed by atoms with E-state index in [0.717, 1.165) is 36.1 Å². The first kappa shape index (κ1) is 14.8. The molecule has 5 nitrogen and oxygen atoms in total. The highest BCUT2D eigenvalue weighted by Crippen LogP contribution is 2.25. The normalized spacial score (nSPS) is 18.3. The number of anilines is 2. The van der Waals surface area contributed by atoms with E-state index >= 15 is 0 Å². The lowest BCUT2D eigenvalue weighted by Gasteiger charge is -2.33. The van der Waals surface area contributed by atoms with E-state index in [0.29, 0.717) is 6.61 Å². The second-order valence-corrected chi connectivity index (χ2v) is 5.76. The summed E-state index contributed by atoms with van der Waals surface area (Å²) in [6.07, 6.45) is -0.0176. The maximum absolute atomic E-state index is 5.93. The van der Waals surface area contributed by atoms with Crippen LogP contribution in [-0.2, 0) is 4.74 Å². The second-order valence-electron chi connectivity index (χ2n) is 5.76. The topological polar surface area (TPSA) is 41.5 Å². The van der Waals surface area contributed by atoms with Gasteiger partial charge < -0.3 is 14.5 Å². The quantitative estimate of drug-likeness (QED) is 0.870. The Kier molecular flexibility index (Phi) is 4.24. The van der Waals surface area contributed by atoms with Crippen LogP contribution in [0.5, 0.6) is 0 Å². The smallest absolute Gasteiger partial charge is 0.128 e. The highest BCUT2D eigenvalue weighted by atomic mass is 16.5. The largest absolute Gasteiger partial charge is 0.368 e. The Morgan fingerprint density at radius 3 is 2.73 bits per heavy atom. The van der Waals surface area contributed by atoms with Gasteiger partial charge in [0.15, 0.2) is 0 Å². The first-order valence-corrected chi connectivity index (χ1v) is 7.58. The minimum atomic E-state index is -0.0176. The summed E-state index contributed by atoms with van der Waals surface area (Å²) < 4.78 is 5.93. The number of nitrogens with zero attached hydrogens (tertiary/aromatic N) is 4. The monoisotopic (exact) mass is 298 g/mol. The first-order chi connectivity index (χ1) is 10.6. The van der Waals surface area contributed by atoms with E-state index in [1.807, 2.05) is 56.3 Å². The third kappa shape index (κ3) is 3.20. The van der Waals surface area contributed by atoms with Gasteiger partial charge in [0.25, 0.3) is 0 Å². The average Bonchev–Trinajstić information content (AvgIpc) is 2.55. The van der Waals surface area contributed by atoms with Crippen LogP contribution < -0.4 is 9.80 Å². The van der Waals surface area contributed by atoms with Crippen molar-refractivity contribution in [2.45, 2.75) is 13.0 Å². The lowest BCUT2D eigenvalue weighted by atomic mass is 10.2. The predicted octanol–water partition coefficient (Wildman–Crippen LogP) is 2.43. The Bertz CT molecular complexity index is 644. The second kappa shape index (κ2) is 6.32. The van der Waals surface area contributed by atoms with Gasteiger partial charge in [0, 0.05) is 26.3 Å². The molecule has 2 aromatic rings. The number of rotatable bonds is 3. The van der Waals surface area contributed by atoms with Crippen molar-refractivity contribution in [1.29, 1.82) is 0 Å². The fourth-order valence-electron chi connectivity index (χ4n) is 2.61. The van der Waals surface area contributed by atoms with Crippen LogP contribution in [0.3, 0.4) is 0 Å². The average molecular weight is 298 g/mol. The molecule has 1 unspecified atom stereocenters. The molecule has 0 bridgehead atoms. The third-order valence-corrected chi connectivity index (χ3v) is 3.81. The molecular formula is C17H22N4O. The van der Waals surface area contributed by atoms with Gasteiger partial charge >= 0.3 is 0 Å². The molecule has 22 heavy (non-hydrogen) atoms. The Morgan fingerprint density at radius 1 is 1.14 bits per heavy atom. The molecule has 0 aromatic carbocycles. The number of hydrogen-bond donors (Lipinski definition) is 0. The molecule has 0 radical (unpaired) electrons. The summed E-state index contributed by atoms with van der Waals surface area (Å²) in [7, 11) is 3.99. The van der Waals surface area contributed by atoms with E-state index in [2.05, 4.69) is 16.0 Å². The first-order valence-electron chi connectivity index (χ1n) is 7.58. The molecule has 3 heterocycles. The Balaban J connectivity index is 1.79. The van der Waals surface area contributed by atoms with Crippen LogP contribution in [0.4, 0.5) is 11.6 Å². The molecule has 1 saturated heterocycles. The van der Waals surface area contributed by atoms with E-state index in [1.54, 1.807) is 0 Å². The summed E-state index contributed by atoms with van der Waals surface area (Å²) in [5.74, 6) is 1.96. The van der Waals surface area contributed by atoms with Gasteiger partial charge in [-0.2, -0.15) is 0 Å². The van der Waals surface area contributed by atoms with E-state index in [1.165, 1.54) is 0 Å². The number of pyridine rings is 2. The SMILES string of the molecule is Cc1cccc(N2CCOC(c3cccc(N(C)C)n3)C2)n1. The molecule has 0 N–H and O–H groups in total. The summed E-state index contributed by atoms with van der Waals surface area (Å²) in [4.78, 5) is 13.6. The van der Waals surface area contributed by atoms with Gasteiger partial charge in [0.05, 0.1) is 18.8 Å². The van der Waals surface area contributed by atoms with Crippen molar-refractivity contribution in [3.05, 3.63) is 47.8 Å². The van der Waals surface area contributed by atoms with E-state index < -0.39 is 0 Å². The van der Waals surface area contributed by atoms with Crippen LogP contribution in [0, 0.1) is 6.92 Å². The van der Waals surface area contributed by atoms with Crippen molar-refractivity contribution in [3.8, 4) is 0 Å². The van der Waals surface area contributed by atoms with Crippen LogP contribution in [-0.4, -0.2) is 43.8 Å². The molecule has 1 fully saturated rings. The molecule has 1 aliphatic rings. The van der Waals surface area contributed by atoms with E-state index in [-0.39, 0.29) is 6.10 Å². The van der Waals surface area contributed by atoms with Gasteiger partial charge in [-0.15, -0.1) is 0 Å². The van der Waals surface area contributed by atoms with Gasteiger partial charge in [-0.05, 0) is 31.2 Å². The van der Waals surface area contributed by atoms with Crippen LogP contribution in [0.1, 0.15) is 17.5 Å². The van der Waals surface area contributed by atoms with E-state index in [4.69, 9.17) is 9.72 Å². The maximum Gasteiger partial charge on any atom is 0.128 e. The summed E-state index contributed by atoms with van der Waals surface area (Å²) in [6, 6.07) is 12.2.